The van der Waals surface area contributed by atoms with E-state index >= 15 is 0 Å². The summed E-state index contributed by atoms with van der Waals surface area (Å²) in [5.74, 6) is -0.0840. The molecular formula is C18H23N5O16P3+3. The number of nitrogen functional groups attached to an aromatic ring is 1. The van der Waals surface area contributed by atoms with Gasteiger partial charge in [-0.2, -0.15) is 4.98 Å². The number of H-pyrrole nitrogens is 1. The van der Waals surface area contributed by atoms with Crippen LogP contribution in [0.3, 0.4) is 0 Å². The standard InChI is InChI=1S/C18H21N5O16P3/c19-9-1-3-22(17(29)20-9)15-13(27)11(25)7(36-15)5-34-40(31)38-42(33)39-41(32)35-6-8-12(26)14(28)16(37-8)23-4-2-10(24)21-18(23)30/h1-4,7-8,11-16,25-28H,5-6H2,(H-2,19,20,21,24,29,30)/q+1/p+2/t7-,8+,11-,12+,13+,14+,15-,16+/m0/s1. The van der Waals surface area contributed by atoms with Gasteiger partial charge in [-0.1, -0.05) is 0 Å². The molecule has 21 nitrogen and oxygen atoms in total. The quantitative estimate of drug-likeness (QED) is 0.130. The van der Waals surface area contributed by atoms with Crippen molar-refractivity contribution in [2.24, 2.45) is 0 Å². The molecule has 0 aromatic carbocycles. The van der Waals surface area contributed by atoms with E-state index in [-0.39, 0.29) is 5.82 Å². The predicted molar refractivity (Wildman–Crippen MR) is 133 cm³/mol. The molecule has 2 saturated heterocycles. The Bertz CT molecular complexity index is 1520. The van der Waals surface area contributed by atoms with Crippen LogP contribution in [0.15, 0.2) is 38.9 Å². The second kappa shape index (κ2) is 13.7. The van der Waals surface area contributed by atoms with Crippen molar-refractivity contribution in [3.63, 3.8) is 0 Å². The van der Waals surface area contributed by atoms with E-state index in [1.807, 2.05) is 4.98 Å². The first kappa shape index (κ1) is 32.2. The maximum atomic E-state index is 12.0. The number of nitrogens with zero attached hydrogens (tertiary/aromatic N) is 3. The summed E-state index contributed by atoms with van der Waals surface area (Å²) < 4.78 is 66.7. The average Bonchev–Trinajstić information content (AvgIpc) is 3.36. The highest BCUT2D eigenvalue weighted by Crippen LogP contribution is 2.47. The second-order valence-electron chi connectivity index (χ2n) is 8.58. The summed E-state index contributed by atoms with van der Waals surface area (Å²) in [6.07, 6.45) is -9.78. The molecule has 2 aliphatic rings. The average molecular weight is 658 g/mol. The van der Waals surface area contributed by atoms with Crippen LogP contribution in [-0.4, -0.2) is 89.4 Å². The van der Waals surface area contributed by atoms with Crippen LogP contribution in [0, 0.1) is 0 Å². The van der Waals surface area contributed by atoms with Gasteiger partial charge >= 0.3 is 36.1 Å². The van der Waals surface area contributed by atoms with E-state index in [4.69, 9.17) is 24.3 Å². The lowest BCUT2D eigenvalue weighted by Crippen LogP contribution is -2.37. The second-order valence-corrected chi connectivity index (χ2v) is 11.7. The fourth-order valence-corrected chi connectivity index (χ4v) is 6.05. The predicted octanol–water partition coefficient (Wildman–Crippen LogP) is -2.35. The van der Waals surface area contributed by atoms with E-state index in [1.165, 1.54) is 12.3 Å². The minimum atomic E-state index is -3.37. The Labute approximate surface area is 235 Å². The minimum Gasteiger partial charge on any atom is -0.387 e. The summed E-state index contributed by atoms with van der Waals surface area (Å²) in [5.41, 5.74) is 2.90. The molecule has 4 heterocycles. The van der Waals surface area contributed by atoms with Gasteiger partial charge in [-0.25, -0.2) is 9.59 Å². The third-order valence-electron chi connectivity index (χ3n) is 5.88. The number of aliphatic hydroxyl groups excluding tert-OH is 4. The zero-order valence-electron chi connectivity index (χ0n) is 20.8. The van der Waals surface area contributed by atoms with Gasteiger partial charge in [0.25, 0.3) is 5.56 Å². The van der Waals surface area contributed by atoms with Gasteiger partial charge in [0, 0.05) is 32.2 Å². The number of aliphatic hydroxyl groups is 4. The van der Waals surface area contributed by atoms with Crippen LogP contribution in [0.1, 0.15) is 12.5 Å². The minimum absolute atomic E-state index is 0.0840. The number of nitrogens with two attached hydrogens (primary N) is 1. The van der Waals surface area contributed by atoms with Crippen molar-refractivity contribution >= 4 is 30.6 Å². The molecular weight excluding hydrogens is 635 g/mol. The van der Waals surface area contributed by atoms with Gasteiger partial charge in [-0.15, -0.1) is 9.05 Å². The highest BCUT2D eigenvalue weighted by molar-refractivity contribution is 7.53. The number of hydrogen-bond acceptors (Lipinski definition) is 18. The molecule has 0 bridgehead atoms. The summed E-state index contributed by atoms with van der Waals surface area (Å²) in [5, 5.41) is 40.7. The van der Waals surface area contributed by atoms with E-state index < -0.39 is 104 Å². The maximum Gasteiger partial charge on any atom is 0.798 e. The Kier molecular flexibility index (Phi) is 10.5. The number of rotatable bonds is 12. The van der Waals surface area contributed by atoms with Crippen LogP contribution in [0.25, 0.3) is 0 Å². The molecule has 4 rings (SSSR count). The molecule has 0 amide bonds. The lowest BCUT2D eigenvalue weighted by atomic mass is 10.1. The zero-order chi connectivity index (χ0) is 30.7. The van der Waals surface area contributed by atoms with Crippen molar-refractivity contribution in [3.05, 3.63) is 55.8 Å². The first-order valence-corrected chi connectivity index (χ1v) is 14.9. The van der Waals surface area contributed by atoms with Gasteiger partial charge in [0.05, 0.1) is 0 Å². The Morgan fingerprint density at radius 2 is 1.31 bits per heavy atom. The molecule has 0 aliphatic carbocycles. The van der Waals surface area contributed by atoms with Crippen molar-refractivity contribution < 1.29 is 61.3 Å². The molecule has 0 spiro atoms. The molecule has 2 aromatic heterocycles. The van der Waals surface area contributed by atoms with Gasteiger partial charge < -0.3 is 35.6 Å². The van der Waals surface area contributed by atoms with E-state index in [0.29, 0.717) is 0 Å². The van der Waals surface area contributed by atoms with Crippen LogP contribution in [0.5, 0.6) is 0 Å². The number of aromatic amines is 1. The number of aromatic nitrogens is 4. The lowest BCUT2D eigenvalue weighted by molar-refractivity contribution is -0.0518. The maximum absolute atomic E-state index is 12.0. The zero-order valence-corrected chi connectivity index (χ0v) is 23.5. The van der Waals surface area contributed by atoms with Crippen LogP contribution in [0.2, 0.25) is 0 Å². The number of hydrogen-bond donors (Lipinski definition) is 6. The highest BCUT2D eigenvalue weighted by atomic mass is 31.2. The largest absolute Gasteiger partial charge is 0.798 e. The number of anilines is 1. The third-order valence-corrected chi connectivity index (χ3v) is 8.73. The molecule has 2 aromatic rings. The van der Waals surface area contributed by atoms with Gasteiger partial charge in [0.15, 0.2) is 21.1 Å². The molecule has 0 saturated carbocycles. The fraction of sp³-hybridized carbons (Fsp3) is 0.556. The molecule has 3 unspecified atom stereocenters. The fourth-order valence-electron chi connectivity index (χ4n) is 3.88. The number of ether oxygens (including phenoxy) is 2. The van der Waals surface area contributed by atoms with E-state index in [9.17, 15) is 48.5 Å². The van der Waals surface area contributed by atoms with Gasteiger partial charge in [-0.05, 0) is 6.07 Å². The monoisotopic (exact) mass is 658 g/mol. The Balaban J connectivity index is 1.21. The van der Waals surface area contributed by atoms with Crippen molar-refractivity contribution in [1.29, 1.82) is 0 Å². The highest BCUT2D eigenvalue weighted by Gasteiger charge is 2.53. The van der Waals surface area contributed by atoms with Crippen LogP contribution < -0.4 is 22.7 Å². The van der Waals surface area contributed by atoms with Crippen molar-refractivity contribution in [2.75, 3.05) is 18.9 Å². The van der Waals surface area contributed by atoms with Crippen molar-refractivity contribution in [1.82, 2.24) is 19.1 Å². The van der Waals surface area contributed by atoms with Crippen LogP contribution >= 0.6 is 24.8 Å². The van der Waals surface area contributed by atoms with Crippen molar-refractivity contribution in [2.45, 2.75) is 49.1 Å². The SMILES string of the molecule is Nc1ccn([C@H]2O[C@@H](CO[P+](=O)O[P+](=O)O[P+](=O)OC[C@H]3O[C@@H](n4ccc(=O)[nH]c4=O)[C@H](O)[C@@H]3O)[C@H](O)[C@H]2O)c(=O)n1. The Hall–Kier alpha value is -2.74. The first-order valence-electron chi connectivity index (χ1n) is 11.6. The van der Waals surface area contributed by atoms with Crippen LogP contribution in [0.4, 0.5) is 5.82 Å². The van der Waals surface area contributed by atoms with E-state index in [0.717, 1.165) is 21.4 Å². The molecule has 0 radical (unpaired) electrons. The molecule has 11 atom stereocenters. The summed E-state index contributed by atoms with van der Waals surface area (Å²) in [4.78, 5) is 40.5. The number of nitrogens with one attached hydrogen (secondary N) is 1. The topological polar surface area (TPSA) is 303 Å². The summed E-state index contributed by atoms with van der Waals surface area (Å²) in [6.45, 7) is -1.37. The van der Waals surface area contributed by atoms with E-state index in [2.05, 4.69) is 13.6 Å². The Morgan fingerprint density at radius 3 is 1.81 bits per heavy atom. The lowest BCUT2D eigenvalue weighted by Gasteiger charge is -2.16. The molecule has 2 fully saturated rings. The molecule has 7 N–H and O–H groups in total. The van der Waals surface area contributed by atoms with Crippen molar-refractivity contribution in [3.8, 4) is 0 Å². The first-order chi connectivity index (χ1) is 19.8. The van der Waals surface area contributed by atoms with Gasteiger partial charge in [0.2, 0.25) is 0 Å². The summed E-state index contributed by atoms with van der Waals surface area (Å²) >= 11 is 0. The van der Waals surface area contributed by atoms with Crippen LogP contribution in [-0.2, 0) is 40.8 Å². The third kappa shape index (κ3) is 7.42. The smallest absolute Gasteiger partial charge is 0.387 e. The van der Waals surface area contributed by atoms with Gasteiger partial charge in [-0.3, -0.25) is 18.9 Å². The summed E-state index contributed by atoms with van der Waals surface area (Å²) in [7, 11) is -9.81. The molecule has 24 heteroatoms. The molecule has 228 valence electrons. The Morgan fingerprint density at radius 1 is 0.810 bits per heavy atom. The molecule has 2 aliphatic heterocycles. The van der Waals surface area contributed by atoms with Gasteiger partial charge in [0.1, 0.15) is 55.7 Å². The van der Waals surface area contributed by atoms with E-state index in [1.54, 1.807) is 0 Å². The molecule has 42 heavy (non-hydrogen) atoms. The summed E-state index contributed by atoms with van der Waals surface area (Å²) in [6, 6.07) is 2.23. The normalized spacial score (nSPS) is 30.3.